The number of nitrogens with one attached hydrogen (secondary N) is 1. The van der Waals surface area contributed by atoms with Crippen molar-refractivity contribution in [2.45, 2.75) is 40.5 Å². The SMILES string of the molecule is CCC(CCO)CNC(=O)C(C)C(C)C. The second kappa shape index (κ2) is 7.69. The molecule has 0 aliphatic heterocycles. The van der Waals surface area contributed by atoms with Gasteiger partial charge in [-0.05, 0) is 18.3 Å². The number of aliphatic hydroxyl groups is 1. The van der Waals surface area contributed by atoms with Crippen LogP contribution in [0.15, 0.2) is 0 Å². The first-order chi connectivity index (χ1) is 7.02. The number of carbonyl (C=O) groups excluding carboxylic acids is 1. The summed E-state index contributed by atoms with van der Waals surface area (Å²) in [4.78, 5) is 11.6. The Hall–Kier alpha value is -0.570. The molecule has 0 saturated carbocycles. The van der Waals surface area contributed by atoms with Crippen LogP contribution in [0.25, 0.3) is 0 Å². The topological polar surface area (TPSA) is 49.3 Å². The first kappa shape index (κ1) is 14.4. The quantitative estimate of drug-likeness (QED) is 0.680. The van der Waals surface area contributed by atoms with Crippen molar-refractivity contribution in [3.05, 3.63) is 0 Å². The van der Waals surface area contributed by atoms with Crippen LogP contribution in [-0.4, -0.2) is 24.2 Å². The lowest BCUT2D eigenvalue weighted by molar-refractivity contribution is -0.125. The molecule has 2 unspecified atom stereocenters. The summed E-state index contributed by atoms with van der Waals surface area (Å²) in [5.41, 5.74) is 0. The van der Waals surface area contributed by atoms with Crippen LogP contribution < -0.4 is 5.32 Å². The summed E-state index contributed by atoms with van der Waals surface area (Å²) < 4.78 is 0. The molecule has 0 rings (SSSR count). The highest BCUT2D eigenvalue weighted by molar-refractivity contribution is 5.78. The fraction of sp³-hybridized carbons (Fsp3) is 0.917. The Morgan fingerprint density at radius 2 is 1.93 bits per heavy atom. The van der Waals surface area contributed by atoms with E-state index < -0.39 is 0 Å². The summed E-state index contributed by atoms with van der Waals surface area (Å²) in [5.74, 6) is 0.972. The van der Waals surface area contributed by atoms with Gasteiger partial charge in [-0.15, -0.1) is 0 Å². The van der Waals surface area contributed by atoms with Crippen molar-refractivity contribution in [3.8, 4) is 0 Å². The van der Waals surface area contributed by atoms with Crippen molar-refractivity contribution in [2.75, 3.05) is 13.2 Å². The van der Waals surface area contributed by atoms with Gasteiger partial charge in [0.2, 0.25) is 5.91 Å². The maximum Gasteiger partial charge on any atom is 0.223 e. The molecule has 0 radical (unpaired) electrons. The molecule has 2 atom stereocenters. The van der Waals surface area contributed by atoms with Crippen LogP contribution in [-0.2, 0) is 4.79 Å². The first-order valence-electron chi connectivity index (χ1n) is 5.91. The molecular formula is C12H25NO2. The monoisotopic (exact) mass is 215 g/mol. The molecule has 1 amide bonds. The van der Waals surface area contributed by atoms with Gasteiger partial charge in [0.1, 0.15) is 0 Å². The summed E-state index contributed by atoms with van der Waals surface area (Å²) >= 11 is 0. The minimum atomic E-state index is 0.0663. The van der Waals surface area contributed by atoms with Gasteiger partial charge in [-0.3, -0.25) is 4.79 Å². The van der Waals surface area contributed by atoms with Gasteiger partial charge in [0.25, 0.3) is 0 Å². The van der Waals surface area contributed by atoms with Crippen molar-refractivity contribution < 1.29 is 9.90 Å². The second-order valence-electron chi connectivity index (χ2n) is 4.56. The second-order valence-corrected chi connectivity index (χ2v) is 4.56. The number of amides is 1. The molecule has 0 aromatic carbocycles. The highest BCUT2D eigenvalue weighted by atomic mass is 16.3. The zero-order valence-electron chi connectivity index (χ0n) is 10.4. The van der Waals surface area contributed by atoms with Crippen LogP contribution in [0.2, 0.25) is 0 Å². The lowest BCUT2D eigenvalue weighted by Gasteiger charge is -2.18. The van der Waals surface area contributed by atoms with E-state index in [-0.39, 0.29) is 18.4 Å². The van der Waals surface area contributed by atoms with Crippen molar-refractivity contribution >= 4 is 5.91 Å². The Balaban J connectivity index is 3.87. The Kier molecular flexibility index (Phi) is 7.39. The maximum absolute atomic E-state index is 11.6. The molecule has 90 valence electrons. The van der Waals surface area contributed by atoms with Crippen LogP contribution in [0, 0.1) is 17.8 Å². The number of hydrogen-bond donors (Lipinski definition) is 2. The highest BCUT2D eigenvalue weighted by Crippen LogP contribution is 2.10. The smallest absolute Gasteiger partial charge is 0.223 e. The molecule has 0 heterocycles. The van der Waals surface area contributed by atoms with E-state index in [4.69, 9.17) is 5.11 Å². The van der Waals surface area contributed by atoms with Crippen LogP contribution in [0.1, 0.15) is 40.5 Å². The summed E-state index contributed by atoms with van der Waals surface area (Å²) in [6.07, 6.45) is 1.77. The molecule has 3 nitrogen and oxygen atoms in total. The molecular weight excluding hydrogens is 190 g/mol. The number of rotatable bonds is 7. The highest BCUT2D eigenvalue weighted by Gasteiger charge is 2.17. The normalized spacial score (nSPS) is 15.1. The number of carbonyl (C=O) groups is 1. The van der Waals surface area contributed by atoms with E-state index in [2.05, 4.69) is 26.1 Å². The van der Waals surface area contributed by atoms with E-state index in [1.807, 2.05) is 6.92 Å². The lowest BCUT2D eigenvalue weighted by atomic mass is 9.96. The van der Waals surface area contributed by atoms with E-state index >= 15 is 0 Å². The molecule has 0 aromatic heterocycles. The zero-order chi connectivity index (χ0) is 11.8. The predicted molar refractivity (Wildman–Crippen MR) is 62.5 cm³/mol. The molecule has 0 aliphatic carbocycles. The molecule has 2 N–H and O–H groups in total. The summed E-state index contributed by atoms with van der Waals surface area (Å²) in [6, 6.07) is 0. The molecule has 15 heavy (non-hydrogen) atoms. The summed E-state index contributed by atoms with van der Waals surface area (Å²) in [7, 11) is 0. The van der Waals surface area contributed by atoms with Gasteiger partial charge in [0.15, 0.2) is 0 Å². The Labute approximate surface area is 93.3 Å². The van der Waals surface area contributed by atoms with E-state index in [1.54, 1.807) is 0 Å². The minimum absolute atomic E-state index is 0.0663. The number of aliphatic hydroxyl groups excluding tert-OH is 1. The molecule has 3 heteroatoms. The number of hydrogen-bond acceptors (Lipinski definition) is 2. The molecule has 0 bridgehead atoms. The molecule has 0 spiro atoms. The van der Waals surface area contributed by atoms with Crippen molar-refractivity contribution in [2.24, 2.45) is 17.8 Å². The van der Waals surface area contributed by atoms with Crippen LogP contribution >= 0.6 is 0 Å². The average Bonchev–Trinajstić information content (AvgIpc) is 2.22. The third-order valence-corrected chi connectivity index (χ3v) is 3.09. The Morgan fingerprint density at radius 3 is 2.33 bits per heavy atom. The summed E-state index contributed by atoms with van der Waals surface area (Å²) in [6.45, 7) is 9.02. The van der Waals surface area contributed by atoms with Crippen molar-refractivity contribution in [3.63, 3.8) is 0 Å². The van der Waals surface area contributed by atoms with Gasteiger partial charge >= 0.3 is 0 Å². The third-order valence-electron chi connectivity index (χ3n) is 3.09. The van der Waals surface area contributed by atoms with Gasteiger partial charge in [0.05, 0.1) is 0 Å². The third kappa shape index (κ3) is 5.78. The zero-order valence-corrected chi connectivity index (χ0v) is 10.4. The minimum Gasteiger partial charge on any atom is -0.396 e. The van der Waals surface area contributed by atoms with Crippen LogP contribution in [0.3, 0.4) is 0 Å². The van der Waals surface area contributed by atoms with Crippen LogP contribution in [0.5, 0.6) is 0 Å². The molecule has 0 saturated heterocycles. The Morgan fingerprint density at radius 1 is 1.33 bits per heavy atom. The average molecular weight is 215 g/mol. The van der Waals surface area contributed by atoms with E-state index in [9.17, 15) is 4.79 Å². The van der Waals surface area contributed by atoms with E-state index in [0.717, 1.165) is 12.8 Å². The standard InChI is InChI=1S/C12H25NO2/c1-5-11(6-7-14)8-13-12(15)10(4)9(2)3/h9-11,14H,5-8H2,1-4H3,(H,13,15). The fourth-order valence-corrected chi connectivity index (χ4v) is 1.34. The molecule has 0 aromatic rings. The van der Waals surface area contributed by atoms with Gasteiger partial charge in [0, 0.05) is 19.1 Å². The van der Waals surface area contributed by atoms with Gasteiger partial charge in [-0.1, -0.05) is 34.1 Å². The predicted octanol–water partition coefficient (Wildman–Crippen LogP) is 1.80. The van der Waals surface area contributed by atoms with E-state index in [1.165, 1.54) is 0 Å². The van der Waals surface area contributed by atoms with Crippen molar-refractivity contribution in [1.82, 2.24) is 5.32 Å². The van der Waals surface area contributed by atoms with Crippen molar-refractivity contribution in [1.29, 1.82) is 0 Å². The Bertz CT molecular complexity index is 180. The van der Waals surface area contributed by atoms with Gasteiger partial charge < -0.3 is 10.4 Å². The van der Waals surface area contributed by atoms with Gasteiger partial charge in [-0.2, -0.15) is 0 Å². The maximum atomic E-state index is 11.6. The largest absolute Gasteiger partial charge is 0.396 e. The van der Waals surface area contributed by atoms with E-state index in [0.29, 0.717) is 18.4 Å². The van der Waals surface area contributed by atoms with Gasteiger partial charge in [-0.25, -0.2) is 0 Å². The summed E-state index contributed by atoms with van der Waals surface area (Å²) in [5, 5.41) is 11.8. The molecule has 0 fully saturated rings. The lowest BCUT2D eigenvalue weighted by Crippen LogP contribution is -2.35. The molecule has 0 aliphatic rings. The first-order valence-corrected chi connectivity index (χ1v) is 5.91. The van der Waals surface area contributed by atoms with Crippen LogP contribution in [0.4, 0.5) is 0 Å². The fourth-order valence-electron chi connectivity index (χ4n) is 1.34.